The van der Waals surface area contributed by atoms with Crippen molar-refractivity contribution in [3.05, 3.63) is 203 Å². The number of imidazole rings is 1. The summed E-state index contributed by atoms with van der Waals surface area (Å²) < 4.78 is 2.26. The Hall–Kier alpha value is -6.35. The summed E-state index contributed by atoms with van der Waals surface area (Å²) in [6.07, 6.45) is 1.97. The molecule has 0 fully saturated rings. The van der Waals surface area contributed by atoms with Crippen molar-refractivity contribution >= 4 is 11.0 Å². The van der Waals surface area contributed by atoms with Crippen LogP contribution >= 0.6 is 0 Å². The van der Waals surface area contributed by atoms with Gasteiger partial charge in [0.1, 0.15) is 11.6 Å². The summed E-state index contributed by atoms with van der Waals surface area (Å²) in [6, 6.07) is 60.2. The van der Waals surface area contributed by atoms with Gasteiger partial charge in [0, 0.05) is 54.9 Å². The van der Waals surface area contributed by atoms with Crippen molar-refractivity contribution in [1.29, 1.82) is 0 Å². The molecule has 1 aliphatic carbocycles. The fourth-order valence-corrected chi connectivity index (χ4v) is 10.2. The van der Waals surface area contributed by atoms with E-state index in [2.05, 4.69) is 238 Å². The van der Waals surface area contributed by atoms with Gasteiger partial charge in [0.2, 0.25) is 0 Å². The van der Waals surface area contributed by atoms with E-state index in [0.717, 1.165) is 66.9 Å². The number of fused-ring (bicyclic) bond motifs is 4. The van der Waals surface area contributed by atoms with Crippen LogP contribution in [-0.4, -0.2) is 19.6 Å². The molecule has 0 amide bonds. The van der Waals surface area contributed by atoms with Crippen LogP contribution in [0.15, 0.2) is 164 Å². The molecule has 0 aliphatic heterocycles. The minimum atomic E-state index is -0.370. The maximum absolute atomic E-state index is 12.6. The van der Waals surface area contributed by atoms with Crippen LogP contribution in [0.4, 0.5) is 0 Å². The molecule has 0 spiro atoms. The first-order valence-corrected chi connectivity index (χ1v) is 23.2. The van der Waals surface area contributed by atoms with E-state index in [1.165, 1.54) is 27.8 Å². The zero-order valence-corrected chi connectivity index (χ0v) is 42.5. The normalized spacial score (nSPS) is 13.3. The molecule has 2 heterocycles. The number of phenols is 1. The zero-order valence-electron chi connectivity index (χ0n) is 40.2. The van der Waals surface area contributed by atoms with Gasteiger partial charge in [-0.05, 0) is 74.0 Å². The fraction of sp³-hybridized carbons (Fsp3) is 0.226. The van der Waals surface area contributed by atoms with Crippen molar-refractivity contribution in [3.8, 4) is 67.5 Å². The van der Waals surface area contributed by atoms with Gasteiger partial charge in [-0.3, -0.25) is 9.55 Å². The van der Waals surface area contributed by atoms with Gasteiger partial charge in [0.15, 0.2) is 0 Å². The van der Waals surface area contributed by atoms with Crippen molar-refractivity contribution in [2.24, 2.45) is 0 Å². The van der Waals surface area contributed by atoms with Crippen LogP contribution < -0.4 is 0 Å². The Labute approximate surface area is 411 Å². The number of aromatic nitrogens is 3. The molecule has 0 bridgehead atoms. The van der Waals surface area contributed by atoms with E-state index in [0.29, 0.717) is 11.4 Å². The van der Waals surface area contributed by atoms with Crippen molar-refractivity contribution in [2.75, 3.05) is 0 Å². The van der Waals surface area contributed by atoms with Gasteiger partial charge < -0.3 is 5.11 Å². The number of para-hydroxylation sites is 2. The summed E-state index contributed by atoms with van der Waals surface area (Å²) in [5.41, 5.74) is 17.6. The first-order chi connectivity index (χ1) is 31.4. The van der Waals surface area contributed by atoms with Gasteiger partial charge in [0.25, 0.3) is 0 Å². The van der Waals surface area contributed by atoms with Crippen molar-refractivity contribution in [2.45, 2.75) is 90.9 Å². The number of nitrogens with zero attached hydrogens (tertiary/aromatic N) is 3. The Bertz CT molecular complexity index is 3330. The van der Waals surface area contributed by atoms with E-state index in [4.69, 9.17) is 9.97 Å². The number of phenolic OH excluding ortho intramolecular Hbond substituents is 1. The number of aromatic hydroxyl groups is 1. The van der Waals surface area contributed by atoms with Gasteiger partial charge >= 0.3 is 0 Å². The average molecular weight is 1060 g/mol. The number of benzene rings is 7. The van der Waals surface area contributed by atoms with E-state index in [1.807, 2.05) is 6.20 Å². The van der Waals surface area contributed by atoms with E-state index in [-0.39, 0.29) is 48.5 Å². The maximum atomic E-state index is 12.6. The van der Waals surface area contributed by atoms with Crippen molar-refractivity contribution in [3.63, 3.8) is 0 Å². The molecule has 10 rings (SSSR count). The van der Waals surface area contributed by atoms with Crippen LogP contribution in [0.2, 0.25) is 0 Å². The standard InChI is InChI=1S/C62H58N3O.Pt/c1-59(2,3)43-37-48(57(66)51(38-43)60(4,5)6)58-64-56-46(28-21-31-53(56)65(58)52-30-20-18-26-45(52)39-22-13-11-14-23-39)40-34-41(36-44(35-40)61(7,8)42-24-15-12-16-25-42)55-54-47-27-17-19-29-49(47)62(9,10)50(54)32-33-63-55;/h11-33,35-38,66H,1-10H3;/q-1;. The summed E-state index contributed by atoms with van der Waals surface area (Å²) in [5, 5.41) is 12.6. The largest absolute Gasteiger partial charge is 0.507 e. The van der Waals surface area contributed by atoms with Gasteiger partial charge in [-0.25, -0.2) is 4.98 Å². The Morgan fingerprint density at radius 3 is 1.88 bits per heavy atom. The van der Waals surface area contributed by atoms with Crippen LogP contribution in [0.1, 0.15) is 103 Å². The summed E-state index contributed by atoms with van der Waals surface area (Å²) in [6.45, 7) is 22.4. The quantitative estimate of drug-likeness (QED) is 0.162. The number of rotatable bonds is 7. The molecule has 0 atom stereocenters. The third kappa shape index (κ3) is 7.78. The fourth-order valence-electron chi connectivity index (χ4n) is 10.2. The average Bonchev–Trinajstić information content (AvgIpc) is 3.81. The van der Waals surface area contributed by atoms with Gasteiger partial charge in [0.05, 0.1) is 22.3 Å². The van der Waals surface area contributed by atoms with Gasteiger partial charge in [-0.1, -0.05) is 202 Å². The monoisotopic (exact) mass is 1060 g/mol. The Balaban J connectivity index is 0.00000562. The van der Waals surface area contributed by atoms with Crippen LogP contribution in [-0.2, 0) is 42.7 Å². The summed E-state index contributed by atoms with van der Waals surface area (Å²) in [7, 11) is 0. The van der Waals surface area contributed by atoms with E-state index in [9.17, 15) is 5.11 Å². The van der Waals surface area contributed by atoms with Crippen molar-refractivity contribution in [1.82, 2.24) is 14.5 Å². The van der Waals surface area contributed by atoms with Crippen LogP contribution in [0.3, 0.4) is 0 Å². The third-order valence-corrected chi connectivity index (χ3v) is 14.1. The molecule has 5 heteroatoms. The SMILES string of the molecule is CC(C)(C)c1cc(-c2nc3c(-c4[c-]c(-c5nccc6c5-c5ccccc5C6(C)C)cc(C(C)(C)c5ccccc5)c4)cccc3n2-c2ccccc2-c2ccccc2)c(O)c(C(C)(C)C)c1.[Pt]. The molecule has 1 N–H and O–H groups in total. The third-order valence-electron chi connectivity index (χ3n) is 14.1. The molecule has 9 aromatic rings. The second-order valence-corrected chi connectivity index (χ2v) is 21.2. The molecule has 338 valence electrons. The molecule has 7 aromatic carbocycles. The molecule has 4 nitrogen and oxygen atoms in total. The summed E-state index contributed by atoms with van der Waals surface area (Å²) in [5.74, 6) is 0.927. The Morgan fingerprint density at radius 1 is 0.552 bits per heavy atom. The van der Waals surface area contributed by atoms with Crippen LogP contribution in [0.5, 0.6) is 5.75 Å². The molecule has 0 saturated heterocycles. The predicted octanol–water partition coefficient (Wildman–Crippen LogP) is 15.8. The molecule has 0 saturated carbocycles. The van der Waals surface area contributed by atoms with Gasteiger partial charge in [-0.15, -0.1) is 29.3 Å². The second-order valence-electron chi connectivity index (χ2n) is 21.2. The number of pyridine rings is 1. The molecule has 67 heavy (non-hydrogen) atoms. The molecular weight excluding hydrogens is 998 g/mol. The summed E-state index contributed by atoms with van der Waals surface area (Å²) in [4.78, 5) is 10.9. The molecule has 1 aliphatic rings. The number of hydrogen-bond acceptors (Lipinski definition) is 3. The molecule has 0 radical (unpaired) electrons. The smallest absolute Gasteiger partial charge is 0.148 e. The summed E-state index contributed by atoms with van der Waals surface area (Å²) >= 11 is 0. The number of hydrogen-bond donors (Lipinski definition) is 1. The minimum absolute atomic E-state index is 0. The van der Waals surface area contributed by atoms with E-state index < -0.39 is 0 Å². The topological polar surface area (TPSA) is 50.9 Å². The van der Waals surface area contributed by atoms with Gasteiger partial charge in [-0.2, -0.15) is 0 Å². The van der Waals surface area contributed by atoms with Crippen LogP contribution in [0.25, 0.3) is 72.7 Å². The molecular formula is C62H58N3OPt-. The first-order valence-electron chi connectivity index (χ1n) is 23.2. The van der Waals surface area contributed by atoms with E-state index >= 15 is 0 Å². The Morgan fingerprint density at radius 2 is 1.18 bits per heavy atom. The molecule has 2 aromatic heterocycles. The van der Waals surface area contributed by atoms with E-state index in [1.54, 1.807) is 0 Å². The predicted molar refractivity (Wildman–Crippen MR) is 275 cm³/mol. The zero-order chi connectivity index (χ0) is 46.3. The first kappa shape index (κ1) is 45.8. The van der Waals surface area contributed by atoms with Crippen molar-refractivity contribution < 1.29 is 26.2 Å². The Kier molecular flexibility index (Phi) is 11.5. The molecule has 0 unspecified atom stereocenters. The minimum Gasteiger partial charge on any atom is -0.507 e. The maximum Gasteiger partial charge on any atom is 0.148 e. The van der Waals surface area contributed by atoms with Crippen LogP contribution in [0, 0.1) is 6.07 Å². The second kappa shape index (κ2) is 16.8.